The van der Waals surface area contributed by atoms with Gasteiger partial charge in [-0.1, -0.05) is 11.6 Å². The molecular formula is C30H30ClFN6O4. The van der Waals surface area contributed by atoms with Crippen LogP contribution in [0.1, 0.15) is 24.7 Å². The molecule has 1 saturated heterocycles. The van der Waals surface area contributed by atoms with Crippen molar-refractivity contribution in [2.24, 2.45) is 4.99 Å². The summed E-state index contributed by atoms with van der Waals surface area (Å²) in [7, 11) is 1.85. The molecule has 1 N–H and O–H groups in total. The molecule has 0 spiro atoms. The van der Waals surface area contributed by atoms with Crippen molar-refractivity contribution in [3.8, 4) is 16.9 Å². The van der Waals surface area contributed by atoms with Gasteiger partial charge in [-0.15, -0.1) is 0 Å². The maximum Gasteiger partial charge on any atom is 0.248 e. The maximum atomic E-state index is 15.5. The van der Waals surface area contributed by atoms with Gasteiger partial charge in [0.25, 0.3) is 0 Å². The van der Waals surface area contributed by atoms with E-state index in [-0.39, 0.29) is 11.9 Å². The fraction of sp³-hybridized carbons (Fsp3) is 0.333. The van der Waals surface area contributed by atoms with Crippen LogP contribution in [0.15, 0.2) is 53.5 Å². The summed E-state index contributed by atoms with van der Waals surface area (Å²) in [4.78, 5) is 29.0. The predicted octanol–water partition coefficient (Wildman–Crippen LogP) is 4.68. The van der Waals surface area contributed by atoms with Gasteiger partial charge < -0.3 is 28.9 Å². The topological polar surface area (TPSA) is 105 Å². The first-order valence-corrected chi connectivity index (χ1v) is 14.1. The van der Waals surface area contributed by atoms with Gasteiger partial charge >= 0.3 is 0 Å². The third kappa shape index (κ3) is 5.42. The average Bonchev–Trinajstić information content (AvgIpc) is 3.32. The van der Waals surface area contributed by atoms with E-state index in [2.05, 4.69) is 14.5 Å². The molecule has 0 atom stereocenters. The number of amides is 1. The molecule has 0 radical (unpaired) electrons. The number of aryl methyl sites for hydroxylation is 1. The van der Waals surface area contributed by atoms with Crippen molar-refractivity contribution in [3.05, 3.63) is 65.2 Å². The maximum absolute atomic E-state index is 15.5. The van der Waals surface area contributed by atoms with E-state index < -0.39 is 12.4 Å². The standard InChI is InChI=1S/C30H30ClFN6O4/c1-18-35-27-14-33-26-13-25(32)22(12-23(26)30(27)38(18)19-5-8-37(9-6-19)29(40)15-39)21-4-3-20(11-24(21)31)42-28-7-10-41-17-36(2)16-34-28/h3-4,7,11-14,16,19,39H,5-6,8-10,15,17H2,1-2H3/b28-7+,34-16-. The number of likely N-dealkylation sites (tertiary alicyclic amines) is 1. The molecule has 1 amide bonds. The molecule has 2 aliphatic heterocycles. The van der Waals surface area contributed by atoms with E-state index in [4.69, 9.17) is 26.1 Å². The number of nitrogens with zero attached hydrogens (tertiary/aromatic N) is 6. The summed E-state index contributed by atoms with van der Waals surface area (Å²) in [5, 5.41) is 10.3. The third-order valence-corrected chi connectivity index (χ3v) is 7.92. The molecule has 0 saturated carbocycles. The zero-order valence-electron chi connectivity index (χ0n) is 23.3. The van der Waals surface area contributed by atoms with Gasteiger partial charge in [-0.05, 0) is 38.0 Å². The van der Waals surface area contributed by atoms with Gasteiger partial charge in [0.05, 0.1) is 35.2 Å². The van der Waals surface area contributed by atoms with Crippen LogP contribution in [-0.2, 0) is 9.53 Å². The van der Waals surface area contributed by atoms with Gasteiger partial charge in [-0.3, -0.25) is 9.78 Å². The highest BCUT2D eigenvalue weighted by Crippen LogP contribution is 2.38. The molecule has 218 valence electrons. The third-order valence-electron chi connectivity index (χ3n) is 7.60. The van der Waals surface area contributed by atoms with Crippen LogP contribution in [0.5, 0.6) is 5.75 Å². The Kier molecular flexibility index (Phi) is 7.80. The van der Waals surface area contributed by atoms with Crippen molar-refractivity contribution >= 4 is 45.8 Å². The molecule has 12 heteroatoms. The number of hydrogen-bond donors (Lipinski definition) is 1. The second-order valence-corrected chi connectivity index (χ2v) is 10.8. The molecule has 6 rings (SSSR count). The van der Waals surface area contributed by atoms with Crippen molar-refractivity contribution in [1.29, 1.82) is 0 Å². The number of ether oxygens (including phenoxy) is 2. The number of hydrogen-bond acceptors (Lipinski definition) is 8. The average molecular weight is 593 g/mol. The van der Waals surface area contributed by atoms with Crippen LogP contribution < -0.4 is 4.74 Å². The van der Waals surface area contributed by atoms with Crippen molar-refractivity contribution in [3.63, 3.8) is 0 Å². The first kappa shape index (κ1) is 28.1. The number of imidazole rings is 1. The Bertz CT molecular complexity index is 1730. The molecule has 0 unspecified atom stereocenters. The molecule has 4 heterocycles. The van der Waals surface area contributed by atoms with Crippen LogP contribution in [-0.4, -0.2) is 81.8 Å². The zero-order valence-corrected chi connectivity index (χ0v) is 24.0. The molecule has 1 fully saturated rings. The largest absolute Gasteiger partial charge is 0.439 e. The Balaban J connectivity index is 1.36. The van der Waals surface area contributed by atoms with E-state index in [0.29, 0.717) is 78.1 Å². The number of halogens is 2. The molecule has 0 bridgehead atoms. The number of aliphatic hydroxyl groups excluding tert-OH is 1. The number of piperidine rings is 1. The quantitative estimate of drug-likeness (QED) is 0.359. The van der Waals surface area contributed by atoms with E-state index in [1.165, 1.54) is 6.07 Å². The highest BCUT2D eigenvalue weighted by molar-refractivity contribution is 6.33. The van der Waals surface area contributed by atoms with Gasteiger partial charge in [-0.2, -0.15) is 0 Å². The van der Waals surface area contributed by atoms with Gasteiger partial charge in [0.15, 0.2) is 0 Å². The van der Waals surface area contributed by atoms with E-state index >= 15 is 4.39 Å². The number of aliphatic imine (C=N–C) groups is 1. The Morgan fingerprint density at radius 2 is 2.00 bits per heavy atom. The SMILES string of the molecule is Cc1nc2cnc3cc(F)c(-c4ccc(OC5=C/COCN(C)/C=N\5)cc4Cl)cc3c2n1C1CCN(C(=O)CO)CC1. The van der Waals surface area contributed by atoms with Gasteiger partial charge in [0.1, 0.15) is 36.2 Å². The van der Waals surface area contributed by atoms with Crippen molar-refractivity contribution in [2.45, 2.75) is 25.8 Å². The Hall–Kier alpha value is -4.06. The van der Waals surface area contributed by atoms with Crippen molar-refractivity contribution < 1.29 is 23.8 Å². The Labute approximate surface area is 246 Å². The van der Waals surface area contributed by atoms with Crippen LogP contribution >= 0.6 is 11.6 Å². The predicted molar refractivity (Wildman–Crippen MR) is 158 cm³/mol. The number of aromatic nitrogens is 3. The smallest absolute Gasteiger partial charge is 0.248 e. The van der Waals surface area contributed by atoms with Crippen LogP contribution in [0.3, 0.4) is 0 Å². The second kappa shape index (κ2) is 11.7. The molecule has 0 aliphatic carbocycles. The molecular weight excluding hydrogens is 563 g/mol. The van der Waals surface area contributed by atoms with E-state index in [1.54, 1.807) is 52.7 Å². The fourth-order valence-corrected chi connectivity index (χ4v) is 5.85. The Morgan fingerprint density at radius 3 is 2.76 bits per heavy atom. The lowest BCUT2D eigenvalue weighted by atomic mass is 10.0. The second-order valence-electron chi connectivity index (χ2n) is 10.4. The number of pyridine rings is 1. The lowest BCUT2D eigenvalue weighted by molar-refractivity contribution is -0.135. The molecule has 4 aromatic rings. The van der Waals surface area contributed by atoms with E-state index in [0.717, 1.165) is 16.7 Å². The first-order chi connectivity index (χ1) is 20.3. The van der Waals surface area contributed by atoms with E-state index in [9.17, 15) is 9.90 Å². The number of aliphatic hydroxyl groups is 1. The Morgan fingerprint density at radius 1 is 1.19 bits per heavy atom. The summed E-state index contributed by atoms with van der Waals surface area (Å²) in [6, 6.07) is 8.37. The minimum atomic E-state index is -0.490. The molecule has 2 aromatic carbocycles. The zero-order chi connectivity index (χ0) is 29.4. The summed E-state index contributed by atoms with van der Waals surface area (Å²) in [6.07, 6.45) is 6.44. The molecule has 2 aromatic heterocycles. The van der Waals surface area contributed by atoms with Crippen molar-refractivity contribution in [1.82, 2.24) is 24.3 Å². The van der Waals surface area contributed by atoms with Gasteiger partial charge in [0.2, 0.25) is 11.8 Å². The summed E-state index contributed by atoms with van der Waals surface area (Å²) in [5.41, 5.74) is 2.93. The highest BCUT2D eigenvalue weighted by Gasteiger charge is 2.27. The summed E-state index contributed by atoms with van der Waals surface area (Å²) in [6.45, 7) is 3.32. The van der Waals surface area contributed by atoms with Crippen molar-refractivity contribution in [2.75, 3.05) is 40.1 Å². The summed E-state index contributed by atoms with van der Waals surface area (Å²) < 4.78 is 29.1. The number of fused-ring (bicyclic) bond motifs is 3. The lowest BCUT2D eigenvalue weighted by Crippen LogP contribution is -2.40. The molecule has 42 heavy (non-hydrogen) atoms. The molecule has 2 aliphatic rings. The van der Waals surface area contributed by atoms with Gasteiger partial charge in [-0.25, -0.2) is 14.4 Å². The van der Waals surface area contributed by atoms with Crippen LogP contribution in [0.4, 0.5) is 4.39 Å². The number of benzene rings is 2. The number of carbonyl (C=O) groups excluding carboxylic acids is 1. The number of rotatable bonds is 5. The fourth-order valence-electron chi connectivity index (χ4n) is 5.58. The molecule has 10 nitrogen and oxygen atoms in total. The van der Waals surface area contributed by atoms with E-state index in [1.807, 2.05) is 14.0 Å². The highest BCUT2D eigenvalue weighted by atomic mass is 35.5. The normalized spacial score (nSPS) is 18.5. The monoisotopic (exact) mass is 592 g/mol. The van der Waals surface area contributed by atoms with Gasteiger partial charge in [0, 0.05) is 60.9 Å². The lowest BCUT2D eigenvalue weighted by Gasteiger charge is -2.33. The minimum Gasteiger partial charge on any atom is -0.439 e. The minimum absolute atomic E-state index is 0.0901. The van der Waals surface area contributed by atoms with Crippen LogP contribution in [0.25, 0.3) is 33.1 Å². The first-order valence-electron chi connectivity index (χ1n) is 13.7. The summed E-state index contributed by atoms with van der Waals surface area (Å²) in [5.74, 6) is 0.932. The summed E-state index contributed by atoms with van der Waals surface area (Å²) >= 11 is 6.69. The van der Waals surface area contributed by atoms with Crippen LogP contribution in [0.2, 0.25) is 5.02 Å². The number of carbonyl (C=O) groups is 1. The van der Waals surface area contributed by atoms with Crippen LogP contribution in [0, 0.1) is 12.7 Å².